The highest BCUT2D eigenvalue weighted by molar-refractivity contribution is 5.65. The summed E-state index contributed by atoms with van der Waals surface area (Å²) in [7, 11) is 3.39. The zero-order valence-corrected chi connectivity index (χ0v) is 18.3. The van der Waals surface area contributed by atoms with Gasteiger partial charge in [0.1, 0.15) is 0 Å². The van der Waals surface area contributed by atoms with Gasteiger partial charge in [-0.1, -0.05) is 60.2 Å². The summed E-state index contributed by atoms with van der Waals surface area (Å²) in [6.45, 7) is 3.93. The van der Waals surface area contributed by atoms with Crippen LogP contribution in [-0.4, -0.2) is 20.8 Å². The van der Waals surface area contributed by atoms with Gasteiger partial charge in [0.25, 0.3) is 0 Å². The van der Waals surface area contributed by atoms with Crippen molar-refractivity contribution in [2.24, 2.45) is 5.92 Å². The largest absolute Gasteiger partial charge is 0.493 e. The first-order chi connectivity index (χ1) is 15.2. The summed E-state index contributed by atoms with van der Waals surface area (Å²) >= 11 is 0. The van der Waals surface area contributed by atoms with Gasteiger partial charge in [-0.25, -0.2) is 10.9 Å². The van der Waals surface area contributed by atoms with Crippen LogP contribution in [0.5, 0.6) is 11.5 Å². The van der Waals surface area contributed by atoms with Crippen molar-refractivity contribution < 1.29 is 9.47 Å². The second-order valence-electron chi connectivity index (χ2n) is 8.45. The summed E-state index contributed by atoms with van der Waals surface area (Å²) in [5, 5.41) is 0. The monoisotopic (exact) mass is 415 g/mol. The van der Waals surface area contributed by atoms with E-state index >= 15 is 0 Å². The maximum atomic E-state index is 5.64. The standard InChI is InChI=1S/C26H29N3O2/c1-17-9-11-18(12-10-17)15-29-16-21-25(19-7-5-4-6-8-19)27-28-26(21)20-13-23(30-2)24(31-3)14-22(20)29/h4-14,21,25-28H,15-16H2,1-3H3. The molecular weight excluding hydrogens is 386 g/mol. The molecule has 0 bridgehead atoms. The molecule has 5 heteroatoms. The number of anilines is 1. The minimum absolute atomic E-state index is 0.203. The Morgan fingerprint density at radius 1 is 0.871 bits per heavy atom. The Labute approximate surface area is 184 Å². The molecule has 3 aromatic carbocycles. The van der Waals surface area contributed by atoms with Crippen molar-refractivity contribution in [3.63, 3.8) is 0 Å². The van der Waals surface area contributed by atoms with Gasteiger partial charge in [0, 0.05) is 30.8 Å². The average Bonchev–Trinajstić information content (AvgIpc) is 3.24. The van der Waals surface area contributed by atoms with Gasteiger partial charge in [-0.05, 0) is 29.7 Å². The Morgan fingerprint density at radius 2 is 1.55 bits per heavy atom. The molecule has 0 spiro atoms. The van der Waals surface area contributed by atoms with E-state index in [1.54, 1.807) is 14.2 Å². The Morgan fingerprint density at radius 3 is 2.26 bits per heavy atom. The number of rotatable bonds is 5. The number of methoxy groups -OCH3 is 2. The van der Waals surface area contributed by atoms with Crippen molar-refractivity contribution in [1.29, 1.82) is 0 Å². The molecule has 3 atom stereocenters. The van der Waals surface area contributed by atoms with Crippen LogP contribution in [-0.2, 0) is 6.54 Å². The molecule has 3 aromatic rings. The van der Waals surface area contributed by atoms with Crippen molar-refractivity contribution in [2.75, 3.05) is 25.7 Å². The van der Waals surface area contributed by atoms with Crippen molar-refractivity contribution >= 4 is 5.69 Å². The van der Waals surface area contributed by atoms with Crippen LogP contribution in [0.3, 0.4) is 0 Å². The molecule has 0 radical (unpaired) electrons. The van der Waals surface area contributed by atoms with E-state index in [1.807, 2.05) is 0 Å². The highest BCUT2D eigenvalue weighted by Gasteiger charge is 2.43. The van der Waals surface area contributed by atoms with Gasteiger partial charge in [0.2, 0.25) is 0 Å². The summed E-state index contributed by atoms with van der Waals surface area (Å²) in [6.07, 6.45) is 0. The molecule has 160 valence electrons. The number of hydrogen-bond acceptors (Lipinski definition) is 5. The van der Waals surface area contributed by atoms with Crippen LogP contribution in [0, 0.1) is 12.8 Å². The first kappa shape index (κ1) is 19.9. The van der Waals surface area contributed by atoms with Crippen LogP contribution < -0.4 is 25.2 Å². The van der Waals surface area contributed by atoms with Gasteiger partial charge in [0.15, 0.2) is 11.5 Å². The molecular formula is C26H29N3O2. The van der Waals surface area contributed by atoms with E-state index in [2.05, 4.69) is 89.4 Å². The van der Waals surface area contributed by atoms with E-state index < -0.39 is 0 Å². The van der Waals surface area contributed by atoms with E-state index in [-0.39, 0.29) is 12.1 Å². The molecule has 31 heavy (non-hydrogen) atoms. The van der Waals surface area contributed by atoms with Crippen LogP contribution in [0.25, 0.3) is 0 Å². The number of aryl methyl sites for hydroxylation is 1. The van der Waals surface area contributed by atoms with Crippen LogP contribution in [0.15, 0.2) is 66.7 Å². The number of hydrazine groups is 1. The van der Waals surface area contributed by atoms with Crippen LogP contribution >= 0.6 is 0 Å². The Bertz CT molecular complexity index is 1050. The van der Waals surface area contributed by atoms with Gasteiger partial charge < -0.3 is 14.4 Å². The summed E-state index contributed by atoms with van der Waals surface area (Å²) < 4.78 is 11.3. The van der Waals surface area contributed by atoms with E-state index in [9.17, 15) is 0 Å². The predicted octanol–water partition coefficient (Wildman–Crippen LogP) is 4.54. The van der Waals surface area contributed by atoms with Gasteiger partial charge >= 0.3 is 0 Å². The second kappa shape index (κ2) is 8.25. The molecule has 0 aromatic heterocycles. The Hall–Kier alpha value is -3.02. The van der Waals surface area contributed by atoms with Crippen LogP contribution in [0.4, 0.5) is 5.69 Å². The highest BCUT2D eigenvalue weighted by Crippen LogP contribution is 2.48. The maximum absolute atomic E-state index is 5.64. The van der Waals surface area contributed by atoms with Crippen molar-refractivity contribution in [2.45, 2.75) is 25.6 Å². The number of hydrogen-bond donors (Lipinski definition) is 2. The van der Waals surface area contributed by atoms with E-state index in [0.717, 1.165) is 24.6 Å². The molecule has 2 heterocycles. The van der Waals surface area contributed by atoms with Gasteiger partial charge in [0.05, 0.1) is 26.3 Å². The lowest BCUT2D eigenvalue weighted by atomic mass is 9.81. The zero-order chi connectivity index (χ0) is 21.4. The molecule has 1 saturated heterocycles. The van der Waals surface area contributed by atoms with Gasteiger partial charge in [-0.15, -0.1) is 0 Å². The average molecular weight is 416 g/mol. The van der Waals surface area contributed by atoms with E-state index in [4.69, 9.17) is 9.47 Å². The lowest BCUT2D eigenvalue weighted by molar-refractivity contribution is 0.350. The SMILES string of the molecule is COc1cc2c(cc1OC)N(Cc1ccc(C)cc1)CC1C(c3ccccc3)NNC21. The van der Waals surface area contributed by atoms with Crippen LogP contribution in [0.2, 0.25) is 0 Å². The number of nitrogens with zero attached hydrogens (tertiary/aromatic N) is 1. The zero-order valence-electron chi connectivity index (χ0n) is 18.3. The fourth-order valence-electron chi connectivity index (χ4n) is 4.92. The molecule has 0 amide bonds. The quantitative estimate of drug-likeness (QED) is 0.641. The van der Waals surface area contributed by atoms with Gasteiger partial charge in [-0.2, -0.15) is 0 Å². The number of benzene rings is 3. The van der Waals surface area contributed by atoms with Crippen molar-refractivity contribution in [3.8, 4) is 11.5 Å². The summed E-state index contributed by atoms with van der Waals surface area (Å²) in [4.78, 5) is 2.48. The second-order valence-corrected chi connectivity index (χ2v) is 8.45. The number of fused-ring (bicyclic) bond motifs is 3. The summed E-state index contributed by atoms with van der Waals surface area (Å²) in [6, 6.07) is 24.2. The first-order valence-electron chi connectivity index (χ1n) is 10.8. The molecule has 0 aliphatic carbocycles. The lowest BCUT2D eigenvalue weighted by Crippen LogP contribution is -2.39. The summed E-state index contributed by atoms with van der Waals surface area (Å²) in [5.74, 6) is 1.92. The normalized spacial score (nSPS) is 22.0. The Balaban J connectivity index is 1.56. The van der Waals surface area contributed by atoms with Crippen LogP contribution in [0.1, 0.15) is 34.3 Å². The molecule has 2 aliphatic heterocycles. The third-order valence-corrected chi connectivity index (χ3v) is 6.54. The number of nitrogens with one attached hydrogen (secondary N) is 2. The summed E-state index contributed by atoms with van der Waals surface area (Å²) in [5.41, 5.74) is 13.5. The molecule has 2 aliphatic rings. The predicted molar refractivity (Wildman–Crippen MR) is 123 cm³/mol. The Kier molecular flexibility index (Phi) is 5.30. The minimum Gasteiger partial charge on any atom is -0.493 e. The molecule has 1 fully saturated rings. The molecule has 2 N–H and O–H groups in total. The minimum atomic E-state index is 0.203. The smallest absolute Gasteiger partial charge is 0.162 e. The van der Waals surface area contributed by atoms with Crippen molar-refractivity contribution in [3.05, 3.63) is 89.0 Å². The molecule has 3 unspecified atom stereocenters. The fraction of sp³-hybridized carbons (Fsp3) is 0.308. The maximum Gasteiger partial charge on any atom is 0.162 e. The molecule has 5 nitrogen and oxygen atoms in total. The van der Waals surface area contributed by atoms with E-state index in [1.165, 1.54) is 27.9 Å². The third kappa shape index (κ3) is 3.64. The first-order valence-corrected chi connectivity index (χ1v) is 10.8. The molecule has 0 saturated carbocycles. The highest BCUT2D eigenvalue weighted by atomic mass is 16.5. The molecule has 5 rings (SSSR count). The van der Waals surface area contributed by atoms with Gasteiger partial charge in [-0.3, -0.25) is 0 Å². The topological polar surface area (TPSA) is 45.8 Å². The van der Waals surface area contributed by atoms with Crippen molar-refractivity contribution in [1.82, 2.24) is 10.9 Å². The number of ether oxygens (including phenoxy) is 2. The third-order valence-electron chi connectivity index (χ3n) is 6.54. The fourth-order valence-corrected chi connectivity index (χ4v) is 4.92. The lowest BCUT2D eigenvalue weighted by Gasteiger charge is -2.39. The van der Waals surface area contributed by atoms with E-state index in [0.29, 0.717) is 5.92 Å².